The summed E-state index contributed by atoms with van der Waals surface area (Å²) < 4.78 is 4.61. The zero-order valence-electron chi connectivity index (χ0n) is 9.20. The minimum absolute atomic E-state index is 0.295. The molecule has 5 nitrogen and oxygen atoms in total. The topological polar surface area (TPSA) is 89.0 Å². The molecule has 1 heterocycles. The summed E-state index contributed by atoms with van der Waals surface area (Å²) in [5.74, 6) is -0.451. The number of hydrogen-bond donors (Lipinski definition) is 1. The Balaban J connectivity index is 3.27. The average Bonchev–Trinajstić information content (AvgIpc) is 2.59. The van der Waals surface area contributed by atoms with Crippen molar-refractivity contribution >= 4 is 22.9 Å². The number of aryl methyl sites for hydroxylation is 1. The fourth-order valence-corrected chi connectivity index (χ4v) is 2.13. The first-order valence-electron chi connectivity index (χ1n) is 4.43. The van der Waals surface area contributed by atoms with E-state index >= 15 is 0 Å². The van der Waals surface area contributed by atoms with Gasteiger partial charge in [-0.1, -0.05) is 0 Å². The predicted molar refractivity (Wildman–Crippen MR) is 60.6 cm³/mol. The number of rotatable bonds is 2. The number of aromatic nitrogens is 1. The van der Waals surface area contributed by atoms with Gasteiger partial charge in [0.15, 0.2) is 0 Å². The van der Waals surface area contributed by atoms with E-state index in [1.165, 1.54) is 7.11 Å². The maximum atomic E-state index is 11.3. The third kappa shape index (κ3) is 2.20. The monoisotopic (exact) mass is 237 g/mol. The number of nitrogens with two attached hydrogens (primary N) is 1. The number of nitriles is 1. The number of thiazole rings is 1. The molecule has 0 atom stereocenters. The van der Waals surface area contributed by atoms with Crippen LogP contribution in [0.15, 0.2) is 5.70 Å². The van der Waals surface area contributed by atoms with E-state index in [-0.39, 0.29) is 0 Å². The van der Waals surface area contributed by atoms with Crippen molar-refractivity contribution in [3.8, 4) is 6.07 Å². The van der Waals surface area contributed by atoms with Crippen LogP contribution >= 0.6 is 11.3 Å². The lowest BCUT2D eigenvalue weighted by Crippen LogP contribution is -1.99. The SMILES string of the molecule is COC(=O)c1sc(C(C#N)=C(C)N)nc1C. The van der Waals surface area contributed by atoms with Gasteiger partial charge in [-0.3, -0.25) is 0 Å². The minimum atomic E-state index is -0.451. The van der Waals surface area contributed by atoms with Crippen LogP contribution in [0.3, 0.4) is 0 Å². The zero-order chi connectivity index (χ0) is 12.3. The fraction of sp³-hybridized carbons (Fsp3) is 0.300. The molecule has 0 bridgehead atoms. The van der Waals surface area contributed by atoms with Crippen LogP contribution in [0.1, 0.15) is 27.3 Å². The van der Waals surface area contributed by atoms with Crippen LogP contribution in [-0.2, 0) is 4.74 Å². The van der Waals surface area contributed by atoms with E-state index in [2.05, 4.69) is 9.72 Å². The van der Waals surface area contributed by atoms with Crippen LogP contribution in [0.4, 0.5) is 0 Å². The van der Waals surface area contributed by atoms with E-state index in [0.29, 0.717) is 26.8 Å². The lowest BCUT2D eigenvalue weighted by molar-refractivity contribution is 0.0605. The number of hydrogen-bond acceptors (Lipinski definition) is 6. The van der Waals surface area contributed by atoms with Crippen LogP contribution in [0.2, 0.25) is 0 Å². The average molecular weight is 237 g/mol. The summed E-state index contributed by atoms with van der Waals surface area (Å²) in [4.78, 5) is 15.9. The summed E-state index contributed by atoms with van der Waals surface area (Å²) in [5, 5.41) is 9.35. The molecule has 1 aromatic rings. The Labute approximate surface area is 97.2 Å². The van der Waals surface area contributed by atoms with E-state index in [0.717, 1.165) is 11.3 Å². The summed E-state index contributed by atoms with van der Waals surface area (Å²) in [7, 11) is 1.30. The van der Waals surface area contributed by atoms with Crippen molar-refractivity contribution in [1.82, 2.24) is 4.98 Å². The number of methoxy groups -OCH3 is 1. The van der Waals surface area contributed by atoms with Crippen molar-refractivity contribution in [1.29, 1.82) is 5.26 Å². The van der Waals surface area contributed by atoms with E-state index in [9.17, 15) is 4.79 Å². The summed E-state index contributed by atoms with van der Waals surface area (Å²) >= 11 is 1.11. The normalized spacial score (nSPS) is 11.6. The van der Waals surface area contributed by atoms with Gasteiger partial charge in [0.1, 0.15) is 21.5 Å². The zero-order valence-corrected chi connectivity index (χ0v) is 10.0. The van der Waals surface area contributed by atoms with Crippen molar-refractivity contribution < 1.29 is 9.53 Å². The molecule has 0 aromatic carbocycles. The molecule has 84 valence electrons. The van der Waals surface area contributed by atoms with Crippen molar-refractivity contribution in [3.05, 3.63) is 21.3 Å². The highest BCUT2D eigenvalue weighted by Gasteiger charge is 2.18. The maximum Gasteiger partial charge on any atom is 0.349 e. The number of ether oxygens (including phenoxy) is 1. The molecule has 0 amide bonds. The molecule has 0 aliphatic heterocycles. The Morgan fingerprint density at radius 2 is 2.25 bits per heavy atom. The Kier molecular flexibility index (Phi) is 3.64. The van der Waals surface area contributed by atoms with Gasteiger partial charge in [-0.25, -0.2) is 9.78 Å². The van der Waals surface area contributed by atoms with Crippen LogP contribution in [-0.4, -0.2) is 18.1 Å². The number of esters is 1. The number of allylic oxidation sites excluding steroid dienone is 2. The molecule has 0 saturated heterocycles. The molecule has 6 heteroatoms. The van der Waals surface area contributed by atoms with Crippen LogP contribution in [0.25, 0.3) is 5.57 Å². The van der Waals surface area contributed by atoms with Crippen molar-refractivity contribution in [2.24, 2.45) is 5.73 Å². The summed E-state index contributed by atoms with van der Waals surface area (Å²) in [5.41, 5.74) is 6.77. The Morgan fingerprint density at radius 3 is 2.69 bits per heavy atom. The highest BCUT2D eigenvalue weighted by Crippen LogP contribution is 2.25. The molecule has 0 saturated carbocycles. The lowest BCUT2D eigenvalue weighted by atomic mass is 10.2. The first-order valence-corrected chi connectivity index (χ1v) is 5.25. The lowest BCUT2D eigenvalue weighted by Gasteiger charge is -1.94. The molecule has 0 fully saturated rings. The molecule has 0 aliphatic carbocycles. The van der Waals surface area contributed by atoms with Gasteiger partial charge in [0.05, 0.1) is 12.8 Å². The molecular formula is C10H11N3O2S. The molecule has 0 radical (unpaired) electrons. The highest BCUT2D eigenvalue weighted by molar-refractivity contribution is 7.14. The third-order valence-electron chi connectivity index (χ3n) is 1.89. The predicted octanol–water partition coefficient (Wildman–Crippen LogP) is 1.45. The summed E-state index contributed by atoms with van der Waals surface area (Å²) in [6.07, 6.45) is 0. The summed E-state index contributed by atoms with van der Waals surface area (Å²) in [6.45, 7) is 3.31. The Bertz CT molecular complexity index is 493. The van der Waals surface area contributed by atoms with Crippen molar-refractivity contribution in [3.63, 3.8) is 0 Å². The Morgan fingerprint density at radius 1 is 1.62 bits per heavy atom. The quantitative estimate of drug-likeness (QED) is 0.621. The number of nitrogens with zero attached hydrogens (tertiary/aromatic N) is 2. The van der Waals surface area contributed by atoms with Gasteiger partial charge < -0.3 is 10.5 Å². The maximum absolute atomic E-state index is 11.3. The molecule has 0 unspecified atom stereocenters. The number of carbonyl (C=O) groups excluding carboxylic acids is 1. The molecule has 16 heavy (non-hydrogen) atoms. The first kappa shape index (κ1) is 12.2. The molecular weight excluding hydrogens is 226 g/mol. The molecule has 0 spiro atoms. The van der Waals surface area contributed by atoms with Crippen molar-refractivity contribution in [2.75, 3.05) is 7.11 Å². The molecule has 1 rings (SSSR count). The van der Waals surface area contributed by atoms with Gasteiger partial charge in [-0.05, 0) is 13.8 Å². The van der Waals surface area contributed by atoms with E-state index in [1.807, 2.05) is 6.07 Å². The van der Waals surface area contributed by atoms with Gasteiger partial charge in [0, 0.05) is 5.70 Å². The van der Waals surface area contributed by atoms with Crippen molar-refractivity contribution in [2.45, 2.75) is 13.8 Å². The van der Waals surface area contributed by atoms with Gasteiger partial charge in [-0.2, -0.15) is 5.26 Å². The molecule has 1 aromatic heterocycles. The number of carbonyl (C=O) groups is 1. The van der Waals surface area contributed by atoms with E-state index in [1.54, 1.807) is 13.8 Å². The van der Waals surface area contributed by atoms with Gasteiger partial charge >= 0.3 is 5.97 Å². The highest BCUT2D eigenvalue weighted by atomic mass is 32.1. The second kappa shape index (κ2) is 4.77. The van der Waals surface area contributed by atoms with Crippen LogP contribution in [0, 0.1) is 18.3 Å². The van der Waals surface area contributed by atoms with Crippen LogP contribution in [0.5, 0.6) is 0 Å². The van der Waals surface area contributed by atoms with Gasteiger partial charge in [-0.15, -0.1) is 11.3 Å². The Hall–Kier alpha value is -1.87. The standard InChI is InChI=1S/C10H11N3O2S/c1-5(12)7(4-11)9-13-6(2)8(16-9)10(14)15-3/h12H2,1-3H3. The minimum Gasteiger partial charge on any atom is -0.465 e. The van der Waals surface area contributed by atoms with E-state index < -0.39 is 5.97 Å². The van der Waals surface area contributed by atoms with E-state index in [4.69, 9.17) is 11.0 Å². The molecule has 2 N–H and O–H groups in total. The fourth-order valence-electron chi connectivity index (χ4n) is 1.09. The van der Waals surface area contributed by atoms with Crippen LogP contribution < -0.4 is 5.73 Å². The first-order chi connectivity index (χ1) is 7.51. The van der Waals surface area contributed by atoms with Gasteiger partial charge in [0.25, 0.3) is 0 Å². The smallest absolute Gasteiger partial charge is 0.349 e. The second-order valence-electron chi connectivity index (χ2n) is 3.09. The second-order valence-corrected chi connectivity index (χ2v) is 4.09. The summed E-state index contributed by atoms with van der Waals surface area (Å²) in [6, 6.07) is 1.97. The molecule has 0 aliphatic rings. The third-order valence-corrected chi connectivity index (χ3v) is 3.04. The largest absolute Gasteiger partial charge is 0.465 e. The van der Waals surface area contributed by atoms with Gasteiger partial charge in [0.2, 0.25) is 0 Å².